The minimum absolute atomic E-state index is 0.0101. The van der Waals surface area contributed by atoms with Crippen molar-refractivity contribution < 1.29 is 35.6 Å². The van der Waals surface area contributed by atoms with Crippen molar-refractivity contribution in [3.05, 3.63) is 12.2 Å². The van der Waals surface area contributed by atoms with Gasteiger partial charge in [0.1, 0.15) is 6.17 Å². The molecule has 2 saturated carbocycles. The van der Waals surface area contributed by atoms with E-state index < -0.39 is 29.7 Å². The normalized spacial score (nSPS) is 39.7. The van der Waals surface area contributed by atoms with Crippen molar-refractivity contribution in [1.82, 2.24) is 0 Å². The zero-order chi connectivity index (χ0) is 30.3. The summed E-state index contributed by atoms with van der Waals surface area (Å²) in [5, 5.41) is 58.2. The van der Waals surface area contributed by atoms with Crippen LogP contribution < -0.4 is 16.2 Å². The van der Waals surface area contributed by atoms with E-state index in [1.54, 1.807) is 0 Å². The van der Waals surface area contributed by atoms with Crippen LogP contribution in [-0.4, -0.2) is 63.0 Å². The number of carbonyl (C=O) groups excluding carboxylic acids is 1. The number of aliphatic hydroxyl groups is 4. The number of hydrogen-bond acceptors (Lipinski definition) is 7. The Balaban J connectivity index is 1.19. The molecule has 0 aromatic rings. The third kappa shape index (κ3) is 8.36. The van der Waals surface area contributed by atoms with Crippen LogP contribution in [0, 0.1) is 41.4 Å². The van der Waals surface area contributed by atoms with Gasteiger partial charge in [0.15, 0.2) is 0 Å². The van der Waals surface area contributed by atoms with E-state index in [1.165, 1.54) is 19.3 Å². The number of fused-ring (bicyclic) bond motifs is 1. The Morgan fingerprint density at radius 3 is 2.50 bits per heavy atom. The molecule has 3 aliphatic carbocycles. The smallest absolute Gasteiger partial charge is 0.137 e. The average molecular weight is 593 g/mol. The van der Waals surface area contributed by atoms with Gasteiger partial charge in [0.2, 0.25) is 0 Å². The lowest BCUT2D eigenvalue weighted by Gasteiger charge is -2.35. The highest BCUT2D eigenvalue weighted by Crippen LogP contribution is 2.57. The van der Waals surface area contributed by atoms with Crippen LogP contribution in [0.3, 0.4) is 0 Å². The topological polar surface area (TPSA) is 164 Å². The molecule has 1 heterocycles. The van der Waals surface area contributed by atoms with Gasteiger partial charge in [-0.1, -0.05) is 57.6 Å². The molecule has 8 nitrogen and oxygen atoms in total. The number of quaternary nitrogens is 1. The van der Waals surface area contributed by atoms with Gasteiger partial charge in [0.25, 0.3) is 0 Å². The van der Waals surface area contributed by atoms with E-state index in [2.05, 4.69) is 24.4 Å². The fourth-order valence-electron chi connectivity index (χ4n) is 9.30. The van der Waals surface area contributed by atoms with E-state index in [0.717, 1.165) is 64.3 Å². The Bertz CT molecular complexity index is 871. The molecule has 8 heteroatoms. The zero-order valence-corrected chi connectivity index (χ0v) is 26.0. The number of carboxylic acids is 1. The monoisotopic (exact) mass is 592 g/mol. The van der Waals surface area contributed by atoms with E-state index in [-0.39, 0.29) is 42.9 Å². The maximum Gasteiger partial charge on any atom is 0.137 e. The first kappa shape index (κ1) is 33.9. The van der Waals surface area contributed by atoms with Crippen molar-refractivity contribution in [2.45, 2.75) is 146 Å². The summed E-state index contributed by atoms with van der Waals surface area (Å²) >= 11 is 0. The zero-order valence-electron chi connectivity index (χ0n) is 26.0. The fraction of sp³-hybridized carbons (Fsp3) is 0.912. The molecule has 0 spiro atoms. The van der Waals surface area contributed by atoms with E-state index in [1.807, 2.05) is 0 Å². The summed E-state index contributed by atoms with van der Waals surface area (Å²) in [6.45, 7) is 3.23. The van der Waals surface area contributed by atoms with Crippen LogP contribution in [0.25, 0.3) is 0 Å². The predicted molar refractivity (Wildman–Crippen MR) is 160 cm³/mol. The van der Waals surface area contributed by atoms with Crippen LogP contribution in [0.5, 0.6) is 0 Å². The maximum atomic E-state index is 11.9. The Labute approximate surface area is 253 Å². The van der Waals surface area contributed by atoms with Gasteiger partial charge in [-0.15, -0.1) is 0 Å². The van der Waals surface area contributed by atoms with Gasteiger partial charge in [-0.3, -0.25) is 5.73 Å². The second-order valence-corrected chi connectivity index (χ2v) is 14.5. The largest absolute Gasteiger partial charge is 0.550 e. The van der Waals surface area contributed by atoms with Crippen molar-refractivity contribution in [2.24, 2.45) is 47.2 Å². The Hall–Kier alpha value is -1.03. The molecule has 0 aromatic heterocycles. The molecule has 242 valence electrons. The van der Waals surface area contributed by atoms with E-state index >= 15 is 0 Å². The molecular formula is C34H60N2O6. The molecule has 4 aliphatic rings. The number of aliphatic carboxylic acids is 1. The van der Waals surface area contributed by atoms with Crippen molar-refractivity contribution in [1.29, 1.82) is 0 Å². The van der Waals surface area contributed by atoms with Gasteiger partial charge in [0, 0.05) is 24.2 Å². The first-order valence-electron chi connectivity index (χ1n) is 17.4. The average Bonchev–Trinajstić information content (AvgIpc) is 3.48. The van der Waals surface area contributed by atoms with Crippen molar-refractivity contribution >= 4 is 5.97 Å². The highest BCUT2D eigenvalue weighted by atomic mass is 16.4. The van der Waals surface area contributed by atoms with Crippen LogP contribution in [0.1, 0.15) is 116 Å². The molecule has 42 heavy (non-hydrogen) atoms. The van der Waals surface area contributed by atoms with Crippen LogP contribution in [0.2, 0.25) is 0 Å². The Morgan fingerprint density at radius 2 is 1.79 bits per heavy atom. The number of nitrogens with two attached hydrogens (primary N) is 2. The second kappa shape index (κ2) is 15.8. The summed E-state index contributed by atoms with van der Waals surface area (Å²) in [6.07, 6.45) is 16.5. The molecule has 12 atom stereocenters. The second-order valence-electron chi connectivity index (χ2n) is 14.5. The fourth-order valence-corrected chi connectivity index (χ4v) is 9.30. The van der Waals surface area contributed by atoms with Gasteiger partial charge in [-0.25, -0.2) is 0 Å². The predicted octanol–water partition coefficient (Wildman–Crippen LogP) is 1.97. The van der Waals surface area contributed by atoms with Gasteiger partial charge >= 0.3 is 0 Å². The summed E-state index contributed by atoms with van der Waals surface area (Å²) in [6, 6.07) is 0. The number of carbonyl (C=O) groups is 1. The Kier molecular flexibility index (Phi) is 12.7. The van der Waals surface area contributed by atoms with Crippen molar-refractivity contribution in [2.75, 3.05) is 6.54 Å². The molecular weight excluding hydrogens is 532 g/mol. The van der Waals surface area contributed by atoms with Crippen LogP contribution in [-0.2, 0) is 4.79 Å². The number of carboxylic acid groups (broad SMARTS) is 1. The minimum Gasteiger partial charge on any atom is -0.550 e. The summed E-state index contributed by atoms with van der Waals surface area (Å²) < 4.78 is 0. The third-order valence-corrected chi connectivity index (χ3v) is 11.8. The third-order valence-electron chi connectivity index (χ3n) is 11.8. The minimum atomic E-state index is -1.27. The standard InChI is InChI=1S/C34H60N2O6/c1-2-3-5-8-22-11-12-23(30(38)19-22)9-6-4-7-10-26(33(40)41)29(37)15-17-34(42)28-14-13-25(27(28)21-31(34)39)24-16-18-36-32(35)20-24/h11-12,22-32,36-39,42H,2-10,13-21,35H2,1H3,(H,40,41)/t22-,23+,24?,25-,26-,27+,28+,29+,30+,31+,32?,34-/m0/s1. The number of allylic oxidation sites excluding steroid dienone is 1. The molecule has 3 fully saturated rings. The first-order chi connectivity index (χ1) is 20.1. The number of aliphatic hydroxyl groups excluding tert-OH is 3. The summed E-state index contributed by atoms with van der Waals surface area (Å²) in [7, 11) is 0. The first-order valence-corrected chi connectivity index (χ1v) is 17.4. The van der Waals surface area contributed by atoms with Crippen LogP contribution in [0.4, 0.5) is 0 Å². The summed E-state index contributed by atoms with van der Waals surface area (Å²) in [5.74, 6) is -0.325. The Morgan fingerprint density at radius 1 is 1.00 bits per heavy atom. The summed E-state index contributed by atoms with van der Waals surface area (Å²) in [5.41, 5.74) is 4.93. The molecule has 2 unspecified atom stereocenters. The number of unbranched alkanes of at least 4 members (excludes halogenated alkanes) is 4. The maximum absolute atomic E-state index is 11.9. The molecule has 0 bridgehead atoms. The van der Waals surface area contributed by atoms with Gasteiger partial charge in [-0.2, -0.15) is 0 Å². The van der Waals surface area contributed by atoms with Crippen LogP contribution in [0.15, 0.2) is 12.2 Å². The van der Waals surface area contributed by atoms with Crippen LogP contribution >= 0.6 is 0 Å². The quantitative estimate of drug-likeness (QED) is 0.118. The van der Waals surface area contributed by atoms with E-state index in [9.17, 15) is 30.3 Å². The van der Waals surface area contributed by atoms with Crippen molar-refractivity contribution in [3.8, 4) is 0 Å². The summed E-state index contributed by atoms with van der Waals surface area (Å²) in [4.78, 5) is 11.9. The molecule has 4 rings (SSSR count). The molecule has 1 aliphatic heterocycles. The molecule has 0 amide bonds. The van der Waals surface area contributed by atoms with E-state index in [0.29, 0.717) is 37.0 Å². The number of hydrogen-bond donors (Lipinski definition) is 6. The highest BCUT2D eigenvalue weighted by molar-refractivity contribution is 5.68. The lowest BCUT2D eigenvalue weighted by atomic mass is 9.75. The van der Waals surface area contributed by atoms with Crippen molar-refractivity contribution in [3.63, 3.8) is 0 Å². The highest BCUT2D eigenvalue weighted by Gasteiger charge is 2.59. The lowest BCUT2D eigenvalue weighted by molar-refractivity contribution is -0.699. The van der Waals surface area contributed by atoms with Gasteiger partial charge < -0.3 is 35.6 Å². The SMILES string of the molecule is CCCCC[C@H]1C=C[C@@H](CCCCC[C@H](C(=O)[O-])[C@H](O)CC[C@@]2(O)[C@H](O)C[C@H]3[C@H]2CC[C@H]3C2CC[NH2+]C(N)C2)[C@H](O)C1. The lowest BCUT2D eigenvalue weighted by Crippen LogP contribution is -2.94. The van der Waals surface area contributed by atoms with Gasteiger partial charge in [0.05, 0.1) is 30.5 Å². The molecule has 0 radical (unpaired) electrons. The molecule has 1 saturated heterocycles. The van der Waals surface area contributed by atoms with Gasteiger partial charge in [-0.05, 0) is 93.8 Å². The molecule has 0 aromatic carbocycles. The number of piperidine rings is 1. The molecule has 8 N–H and O–H groups in total. The van der Waals surface area contributed by atoms with E-state index in [4.69, 9.17) is 5.73 Å². The number of rotatable bonds is 16.